The van der Waals surface area contributed by atoms with E-state index in [1.807, 2.05) is 68.8 Å². The average molecular weight is 1100 g/mol. The third-order valence-corrected chi connectivity index (χ3v) is 14.8. The zero-order chi connectivity index (χ0) is 49.1. The molecule has 9 rings (SSSR count). The van der Waals surface area contributed by atoms with Gasteiger partial charge in [0.1, 0.15) is 35.3 Å². The molecule has 73 heavy (non-hydrogen) atoms. The second-order valence-electron chi connectivity index (χ2n) is 19.8. The number of benzene rings is 2. The number of likely N-dealkylation sites (tertiary alicyclic amines) is 2. The molecule has 3 aliphatic heterocycles. The number of methoxy groups -OCH3 is 2. The van der Waals surface area contributed by atoms with Crippen LogP contribution >= 0.6 is 65.3 Å². The van der Waals surface area contributed by atoms with Crippen molar-refractivity contribution >= 4 is 100 Å². The number of hydrogen-bond donors (Lipinski definition) is 4. The van der Waals surface area contributed by atoms with E-state index >= 15 is 4.39 Å². The van der Waals surface area contributed by atoms with Crippen LogP contribution < -0.4 is 15.4 Å². The van der Waals surface area contributed by atoms with Gasteiger partial charge in [0.25, 0.3) is 0 Å². The molecule has 4 aromatic heterocycles. The maximum Gasteiger partial charge on any atom is 0.407 e. The van der Waals surface area contributed by atoms with E-state index in [9.17, 15) is 19.2 Å². The summed E-state index contributed by atoms with van der Waals surface area (Å²) < 4.78 is 35.4. The van der Waals surface area contributed by atoms with Crippen LogP contribution in [-0.2, 0) is 24.5 Å². The highest BCUT2D eigenvalue weighted by Gasteiger charge is 2.40. The van der Waals surface area contributed by atoms with Gasteiger partial charge < -0.3 is 44.6 Å². The molecular formula is C50H67FN10O7S5. The number of ether oxygens (including phenoxy) is 3. The van der Waals surface area contributed by atoms with Crippen LogP contribution in [-0.4, -0.2) is 103 Å². The zero-order valence-electron chi connectivity index (χ0n) is 42.3. The Morgan fingerprint density at radius 1 is 0.753 bits per heavy atom. The van der Waals surface area contributed by atoms with Gasteiger partial charge in [-0.3, -0.25) is 14.2 Å². The lowest BCUT2D eigenvalue weighted by atomic mass is 9.98. The fourth-order valence-electron chi connectivity index (χ4n) is 9.72. The molecule has 0 radical (unpaired) electrons. The number of halogens is 1. The number of imidazole rings is 2. The highest BCUT2D eigenvalue weighted by Crippen LogP contribution is 2.49. The Morgan fingerprint density at radius 2 is 1.29 bits per heavy atom. The first-order chi connectivity index (χ1) is 32.9. The van der Waals surface area contributed by atoms with E-state index in [1.165, 1.54) is 20.3 Å². The summed E-state index contributed by atoms with van der Waals surface area (Å²) in [5, 5.41) is 7.18. The van der Waals surface area contributed by atoms with Crippen molar-refractivity contribution in [3.63, 3.8) is 0 Å². The van der Waals surface area contributed by atoms with Crippen molar-refractivity contribution in [2.75, 3.05) is 27.3 Å². The highest BCUT2D eigenvalue weighted by molar-refractivity contribution is 7.59. The van der Waals surface area contributed by atoms with Gasteiger partial charge in [-0.05, 0) is 67.9 Å². The first-order valence-corrected chi connectivity index (χ1v) is 24.3. The predicted octanol–water partition coefficient (Wildman–Crippen LogP) is 9.46. The van der Waals surface area contributed by atoms with E-state index in [1.54, 1.807) is 33.5 Å². The van der Waals surface area contributed by atoms with Gasteiger partial charge in [-0.25, -0.2) is 28.9 Å². The van der Waals surface area contributed by atoms with Crippen molar-refractivity contribution in [1.82, 2.24) is 49.9 Å². The highest BCUT2D eigenvalue weighted by atomic mass is 32.1. The molecule has 1 unspecified atom stereocenters. The van der Waals surface area contributed by atoms with Crippen LogP contribution in [0.25, 0.3) is 44.7 Å². The molecule has 2 fully saturated rings. The first kappa shape index (κ1) is 58.5. The molecule has 2 aromatic carbocycles. The maximum atomic E-state index is 16.9. The summed E-state index contributed by atoms with van der Waals surface area (Å²) in [5.41, 5.74) is 4.27. The molecule has 0 bridgehead atoms. The van der Waals surface area contributed by atoms with Crippen molar-refractivity contribution < 1.29 is 37.8 Å². The summed E-state index contributed by atoms with van der Waals surface area (Å²) in [6.07, 6.45) is 6.18. The van der Waals surface area contributed by atoms with E-state index in [4.69, 9.17) is 29.2 Å². The molecule has 23 heteroatoms. The van der Waals surface area contributed by atoms with E-state index in [0.29, 0.717) is 65.8 Å². The number of carbonyl (C=O) groups is 4. The number of thiazole rings is 1. The molecular weight excluding hydrogens is 1030 g/mol. The van der Waals surface area contributed by atoms with Crippen molar-refractivity contribution in [2.24, 2.45) is 11.8 Å². The molecule has 2 saturated heterocycles. The number of nitrogens with one attached hydrogen (secondary N) is 4. The minimum absolute atomic E-state index is 0. The van der Waals surface area contributed by atoms with Crippen LogP contribution in [0.15, 0.2) is 55.0 Å². The molecule has 5 atom stereocenters. The summed E-state index contributed by atoms with van der Waals surface area (Å²) >= 11 is 1.56. The van der Waals surface area contributed by atoms with E-state index in [2.05, 4.69) is 41.4 Å². The molecule has 6 aromatic rings. The number of fused-ring (bicyclic) bond motifs is 5. The van der Waals surface area contributed by atoms with Crippen LogP contribution in [0.5, 0.6) is 5.75 Å². The number of H-pyrrole nitrogens is 2. The minimum Gasteiger partial charge on any atom is -0.464 e. The molecule has 7 heterocycles. The van der Waals surface area contributed by atoms with Gasteiger partial charge in [-0.1, -0.05) is 54.5 Å². The molecule has 0 spiro atoms. The Morgan fingerprint density at radius 3 is 1.78 bits per heavy atom. The number of aromatic amines is 2. The lowest BCUT2D eigenvalue weighted by Crippen LogP contribution is -2.51. The average Bonchev–Trinajstić information content (AvgIpc) is 4.18. The predicted molar refractivity (Wildman–Crippen MR) is 299 cm³/mol. The van der Waals surface area contributed by atoms with Gasteiger partial charge in [0.15, 0.2) is 0 Å². The summed E-state index contributed by atoms with van der Waals surface area (Å²) in [6, 6.07) is 9.13. The molecule has 396 valence electrons. The largest absolute Gasteiger partial charge is 0.464 e. The Labute approximate surface area is 456 Å². The summed E-state index contributed by atoms with van der Waals surface area (Å²) in [6.45, 7) is 14.9. The summed E-state index contributed by atoms with van der Waals surface area (Å²) in [4.78, 5) is 77.4. The number of aromatic nitrogens is 6. The van der Waals surface area contributed by atoms with Crippen molar-refractivity contribution in [1.29, 1.82) is 0 Å². The van der Waals surface area contributed by atoms with Gasteiger partial charge in [0.2, 0.25) is 18.0 Å². The van der Waals surface area contributed by atoms with Crippen molar-refractivity contribution in [2.45, 2.75) is 110 Å². The van der Waals surface area contributed by atoms with Gasteiger partial charge >= 0.3 is 12.2 Å². The van der Waals surface area contributed by atoms with E-state index in [0.717, 1.165) is 44.9 Å². The quantitative estimate of drug-likeness (QED) is 0.0968. The van der Waals surface area contributed by atoms with Crippen molar-refractivity contribution in [3.8, 4) is 39.5 Å². The van der Waals surface area contributed by atoms with Gasteiger partial charge in [0, 0.05) is 41.2 Å². The Bertz CT molecular complexity index is 2950. The van der Waals surface area contributed by atoms with Crippen LogP contribution in [0.4, 0.5) is 14.0 Å². The van der Waals surface area contributed by atoms with E-state index in [-0.39, 0.29) is 95.1 Å². The van der Waals surface area contributed by atoms with Crippen LogP contribution in [0.1, 0.15) is 114 Å². The van der Waals surface area contributed by atoms with Crippen LogP contribution in [0.2, 0.25) is 0 Å². The lowest BCUT2D eigenvalue weighted by molar-refractivity contribution is -0.136. The van der Waals surface area contributed by atoms with Gasteiger partial charge in [0.05, 0.1) is 76.7 Å². The number of carbonyl (C=O) groups excluding carboxylic acids is 4. The standard InChI is InChI=1S/C50H59FN10O7S.4H2S/c1-25(2)40(57-48(64)66-8)44(62)59-16-10-12-34(59)42-52-22-31(55-42)27-14-15-33-29(18-27)20-36-39-30(51)19-28(21-37(39)68-46(61(33)36)38-24-54-47(69-38)50(5,6)7)32-23-53-43(56-32)35-13-11-17-60(35)45(63)41(26(3)4)58-49(65)67-9;;;;/h14-15,18-26,34-35,40-41,46H,10-13,16-17H2,1-9H3,(H,52,55)(H,53,56)(H,57,64)(H,58,65);4*1H2/t34-,35-,40-,41-,46?;;;;/m0..../s1. The topological polar surface area (TPSA) is 202 Å². The van der Waals surface area contributed by atoms with Crippen LogP contribution in [0, 0.1) is 17.7 Å². The monoisotopic (exact) mass is 1100 g/mol. The lowest BCUT2D eigenvalue weighted by Gasteiger charge is -2.30. The Kier molecular flexibility index (Phi) is 18.8. The minimum atomic E-state index is -0.777. The SMILES string of the molecule is COC(=O)N[C@H](C(=O)N1CCC[C@H]1c1ncc(-c2cc(F)c3c(c2)OC(c2cnc(C(C)(C)C)s2)n2c-3cc3cc(-c4cnc([C@@H]5CCCN5C(=O)[C@@H](NC(=O)OC)C(C)C)[nH]4)ccc32)[nH]1)C(C)C.S.S.S.S. The number of rotatable bonds is 11. The number of hydrogen-bond acceptors (Lipinski definition) is 11. The first-order valence-electron chi connectivity index (χ1n) is 23.5. The molecule has 3 aliphatic rings. The fraction of sp³-hybridized carbons (Fsp3) is 0.460. The summed E-state index contributed by atoms with van der Waals surface area (Å²) in [5.74, 6) is 0.343. The van der Waals surface area contributed by atoms with Gasteiger partial charge in [-0.2, -0.15) is 54.0 Å². The molecule has 4 amide bonds. The molecule has 0 aliphatic carbocycles. The normalized spacial score (nSPS) is 17.8. The third-order valence-electron chi connectivity index (χ3n) is 13.3. The van der Waals surface area contributed by atoms with Crippen LogP contribution in [0.3, 0.4) is 0 Å². The third kappa shape index (κ3) is 11.3. The van der Waals surface area contributed by atoms with Crippen molar-refractivity contribution in [3.05, 3.63) is 82.3 Å². The second-order valence-corrected chi connectivity index (χ2v) is 20.8. The second kappa shape index (κ2) is 23.5. The number of amides is 4. The van der Waals surface area contributed by atoms with E-state index < -0.39 is 36.3 Å². The van der Waals surface area contributed by atoms with Gasteiger partial charge in [-0.15, -0.1) is 11.3 Å². The Balaban J connectivity index is 0.00000247. The number of alkyl carbamates (subject to hydrolysis) is 2. The smallest absolute Gasteiger partial charge is 0.407 e. The Hall–Kier alpha value is -5.36. The fourth-order valence-corrected chi connectivity index (χ4v) is 10.7. The maximum absolute atomic E-state index is 16.9. The molecule has 0 saturated carbocycles. The molecule has 4 N–H and O–H groups in total. The summed E-state index contributed by atoms with van der Waals surface area (Å²) in [7, 11) is 2.54. The zero-order valence-corrected chi connectivity index (χ0v) is 47.1. The number of nitrogens with zero attached hydrogens (tertiary/aromatic N) is 6. The molecule has 17 nitrogen and oxygen atoms in total.